The van der Waals surface area contributed by atoms with Crippen LogP contribution in [0.4, 0.5) is 0 Å². The van der Waals surface area contributed by atoms with Crippen LogP contribution < -0.4 is 0 Å². The summed E-state index contributed by atoms with van der Waals surface area (Å²) in [6.07, 6.45) is 16.9. The number of rotatable bonds is 11. The highest BCUT2D eigenvalue weighted by Gasteiger charge is 2.44. The van der Waals surface area contributed by atoms with Gasteiger partial charge in [-0.15, -0.1) is 0 Å². The smallest absolute Gasteiger partial charge is 0.303 e. The van der Waals surface area contributed by atoms with Gasteiger partial charge in [0.15, 0.2) is 5.71 Å². The Balaban J connectivity index is 1.64. The molecule has 0 radical (unpaired) electrons. The minimum absolute atomic E-state index is 0.232. The maximum Gasteiger partial charge on any atom is 0.303 e. The van der Waals surface area contributed by atoms with Gasteiger partial charge >= 0.3 is 5.97 Å². The Labute approximate surface area is 153 Å². The average molecular weight is 347 g/mol. The van der Waals surface area contributed by atoms with Gasteiger partial charge in [0, 0.05) is 31.4 Å². The fourth-order valence-corrected chi connectivity index (χ4v) is 4.17. The summed E-state index contributed by atoms with van der Waals surface area (Å²) in [4.78, 5) is 10.5. The van der Waals surface area contributed by atoms with Crippen LogP contribution in [0.1, 0.15) is 91.4 Å². The molecular weight excluding hydrogens is 310 g/mol. The molecule has 3 nitrogen and oxygen atoms in total. The molecule has 0 aromatic heterocycles. The van der Waals surface area contributed by atoms with E-state index >= 15 is 0 Å². The van der Waals surface area contributed by atoms with Gasteiger partial charge < -0.3 is 5.11 Å². The number of carboxylic acid groups (broad SMARTS) is 1. The number of hydrogen-bond acceptors (Lipinski definition) is 1. The summed E-state index contributed by atoms with van der Waals surface area (Å²) in [7, 11) is 0. The second kappa shape index (κ2) is 9.35. The standard InChI is InChI=1S/C22H35NO2/c1-18-22(2,3)19-14-11-12-15-20(19)23(18)17-13-9-7-5-4-6-8-10-16-21(24)25/h12,15H,4-11,13-14,16-17H2,1-3H3/p+1. The molecule has 0 spiro atoms. The summed E-state index contributed by atoms with van der Waals surface area (Å²) in [5.41, 5.74) is 4.86. The highest BCUT2D eigenvalue weighted by Crippen LogP contribution is 2.41. The fourth-order valence-electron chi connectivity index (χ4n) is 4.17. The van der Waals surface area contributed by atoms with Crippen molar-refractivity contribution < 1.29 is 14.5 Å². The first-order valence-corrected chi connectivity index (χ1v) is 10.2. The third-order valence-corrected chi connectivity index (χ3v) is 6.02. The molecule has 3 heteroatoms. The van der Waals surface area contributed by atoms with Gasteiger partial charge in [0.2, 0.25) is 5.70 Å². The maximum absolute atomic E-state index is 10.5. The van der Waals surface area contributed by atoms with Crippen LogP contribution >= 0.6 is 0 Å². The highest BCUT2D eigenvalue weighted by atomic mass is 16.4. The highest BCUT2D eigenvalue weighted by molar-refractivity contribution is 5.88. The van der Waals surface area contributed by atoms with Crippen molar-refractivity contribution in [2.75, 3.05) is 6.54 Å². The molecule has 0 fully saturated rings. The molecule has 0 atom stereocenters. The zero-order valence-electron chi connectivity index (χ0n) is 16.4. The Morgan fingerprint density at radius 1 is 1.08 bits per heavy atom. The predicted octanol–water partition coefficient (Wildman–Crippen LogP) is 5.70. The fraction of sp³-hybridized carbons (Fsp3) is 0.727. The molecule has 1 heterocycles. The molecule has 140 valence electrons. The van der Waals surface area contributed by atoms with Gasteiger partial charge in [0.1, 0.15) is 6.54 Å². The summed E-state index contributed by atoms with van der Waals surface area (Å²) in [6, 6.07) is 0. The third kappa shape index (κ3) is 5.29. The summed E-state index contributed by atoms with van der Waals surface area (Å²) in [5, 5.41) is 8.61. The number of hydrogen-bond donors (Lipinski definition) is 1. The monoisotopic (exact) mass is 346 g/mol. The Bertz CT molecular complexity index is 567. The Morgan fingerprint density at radius 2 is 1.68 bits per heavy atom. The van der Waals surface area contributed by atoms with Gasteiger partial charge in [0.05, 0.1) is 5.41 Å². The van der Waals surface area contributed by atoms with E-state index in [1.54, 1.807) is 5.57 Å². The molecule has 0 aromatic carbocycles. The van der Waals surface area contributed by atoms with Crippen molar-refractivity contribution in [2.24, 2.45) is 5.41 Å². The average Bonchev–Trinajstić information content (AvgIpc) is 2.77. The molecule has 2 aliphatic rings. The molecule has 1 N–H and O–H groups in total. The summed E-state index contributed by atoms with van der Waals surface area (Å²) in [5.74, 6) is -0.664. The van der Waals surface area contributed by atoms with Crippen molar-refractivity contribution in [1.29, 1.82) is 0 Å². The molecule has 2 rings (SSSR count). The van der Waals surface area contributed by atoms with Gasteiger partial charge in [-0.3, -0.25) is 4.79 Å². The van der Waals surface area contributed by atoms with E-state index in [0.717, 1.165) is 19.4 Å². The quantitative estimate of drug-likeness (QED) is 0.385. The van der Waals surface area contributed by atoms with Crippen molar-refractivity contribution in [2.45, 2.75) is 91.4 Å². The Kier molecular flexibility index (Phi) is 7.46. The lowest BCUT2D eigenvalue weighted by molar-refractivity contribution is -0.471. The van der Waals surface area contributed by atoms with Gasteiger partial charge in [-0.05, 0) is 39.5 Å². The number of allylic oxidation sites excluding steroid dienone is 3. The molecule has 25 heavy (non-hydrogen) atoms. The van der Waals surface area contributed by atoms with E-state index in [4.69, 9.17) is 5.11 Å². The number of unbranched alkanes of at least 4 members (excludes halogenated alkanes) is 7. The summed E-state index contributed by atoms with van der Waals surface area (Å²) in [6.45, 7) is 8.21. The summed E-state index contributed by atoms with van der Waals surface area (Å²) < 4.78 is 2.57. The third-order valence-electron chi connectivity index (χ3n) is 6.02. The molecule has 1 aliphatic heterocycles. The minimum Gasteiger partial charge on any atom is -0.481 e. The SMILES string of the molecule is CC1=[N+](CCCCCCCCCCC(=O)O)C2=C(CCC=C2)C1(C)C. The second-order valence-corrected chi connectivity index (χ2v) is 8.14. The van der Waals surface area contributed by atoms with Crippen LogP contribution in [0, 0.1) is 5.41 Å². The van der Waals surface area contributed by atoms with Crippen LogP contribution in [0.3, 0.4) is 0 Å². The molecule has 0 saturated heterocycles. The van der Waals surface area contributed by atoms with Crippen LogP contribution in [0.5, 0.6) is 0 Å². The van der Waals surface area contributed by atoms with E-state index in [2.05, 4.69) is 37.5 Å². The van der Waals surface area contributed by atoms with E-state index in [0.29, 0.717) is 6.42 Å². The van der Waals surface area contributed by atoms with E-state index in [1.165, 1.54) is 62.8 Å². The van der Waals surface area contributed by atoms with E-state index in [9.17, 15) is 4.79 Å². The van der Waals surface area contributed by atoms with Crippen molar-refractivity contribution >= 4 is 11.7 Å². The number of nitrogens with zero attached hydrogens (tertiary/aromatic N) is 1. The van der Waals surface area contributed by atoms with Crippen molar-refractivity contribution in [3.05, 3.63) is 23.4 Å². The van der Waals surface area contributed by atoms with Crippen LogP contribution in [-0.2, 0) is 4.79 Å². The van der Waals surface area contributed by atoms with Crippen LogP contribution in [0.25, 0.3) is 0 Å². The maximum atomic E-state index is 10.5. The zero-order valence-corrected chi connectivity index (χ0v) is 16.4. The lowest BCUT2D eigenvalue weighted by Gasteiger charge is -2.19. The predicted molar refractivity (Wildman–Crippen MR) is 104 cm³/mol. The first-order chi connectivity index (χ1) is 11.9. The van der Waals surface area contributed by atoms with Gasteiger partial charge in [-0.25, -0.2) is 0 Å². The van der Waals surface area contributed by atoms with Crippen molar-refractivity contribution in [3.63, 3.8) is 0 Å². The Morgan fingerprint density at radius 3 is 2.32 bits per heavy atom. The number of carboxylic acids is 1. The summed E-state index contributed by atoms with van der Waals surface area (Å²) >= 11 is 0. The van der Waals surface area contributed by atoms with Crippen LogP contribution in [0.2, 0.25) is 0 Å². The molecule has 0 bridgehead atoms. The van der Waals surface area contributed by atoms with Crippen molar-refractivity contribution in [3.8, 4) is 0 Å². The van der Waals surface area contributed by atoms with Crippen LogP contribution in [0.15, 0.2) is 23.4 Å². The molecule has 0 unspecified atom stereocenters. The molecular formula is C22H36NO2+. The molecule has 0 aromatic rings. The van der Waals surface area contributed by atoms with E-state index in [-0.39, 0.29) is 5.41 Å². The largest absolute Gasteiger partial charge is 0.481 e. The lowest BCUT2D eigenvalue weighted by Crippen LogP contribution is -2.25. The first-order valence-electron chi connectivity index (χ1n) is 10.2. The van der Waals surface area contributed by atoms with E-state index in [1.807, 2.05) is 0 Å². The van der Waals surface area contributed by atoms with Gasteiger partial charge in [-0.2, -0.15) is 4.58 Å². The van der Waals surface area contributed by atoms with Gasteiger partial charge in [-0.1, -0.05) is 38.2 Å². The minimum atomic E-state index is -0.664. The molecule has 1 aliphatic carbocycles. The second-order valence-electron chi connectivity index (χ2n) is 8.14. The molecule has 0 saturated carbocycles. The molecule has 0 amide bonds. The zero-order chi connectivity index (χ0) is 18.3. The van der Waals surface area contributed by atoms with Gasteiger partial charge in [0.25, 0.3) is 0 Å². The Hall–Kier alpha value is -1.38. The normalized spacial score (nSPS) is 18.8. The number of carbonyl (C=O) groups is 1. The van der Waals surface area contributed by atoms with Crippen LogP contribution in [-0.4, -0.2) is 27.9 Å². The number of aliphatic carboxylic acids is 1. The first kappa shape index (κ1) is 19.9. The van der Waals surface area contributed by atoms with Crippen molar-refractivity contribution in [1.82, 2.24) is 0 Å². The van der Waals surface area contributed by atoms with E-state index < -0.39 is 5.97 Å². The lowest BCUT2D eigenvalue weighted by atomic mass is 9.78. The topological polar surface area (TPSA) is 40.3 Å².